The molecule has 0 aromatic heterocycles. The highest BCUT2D eigenvalue weighted by Gasteiger charge is 2.28. The van der Waals surface area contributed by atoms with Gasteiger partial charge in [0.15, 0.2) is 6.04 Å². The highest BCUT2D eigenvalue weighted by molar-refractivity contribution is 5.81. The number of aliphatic carboxylic acids is 1. The number of hydrogen-bond donors (Lipinski definition) is 2. The molecule has 1 aliphatic rings. The van der Waals surface area contributed by atoms with E-state index in [0.717, 1.165) is 4.90 Å². The molecule has 0 fully saturated rings. The minimum absolute atomic E-state index is 0.253. The van der Waals surface area contributed by atoms with Gasteiger partial charge in [-0.1, -0.05) is 12.2 Å². The number of hydrogen-bond acceptors (Lipinski definition) is 2. The van der Waals surface area contributed by atoms with Crippen LogP contribution in [0, 0.1) is 0 Å². The molecule has 0 bridgehead atoms. The lowest BCUT2D eigenvalue weighted by atomic mass is 10.1. The zero-order valence-corrected chi connectivity index (χ0v) is 6.30. The molecule has 0 spiro atoms. The van der Waals surface area contributed by atoms with Gasteiger partial charge >= 0.3 is 12.1 Å². The number of carboxylic acids is 1. The van der Waals surface area contributed by atoms with Gasteiger partial charge in [-0.15, -0.1) is 0 Å². The van der Waals surface area contributed by atoms with Gasteiger partial charge in [0, 0.05) is 6.54 Å². The number of rotatable bonds is 1. The predicted molar refractivity (Wildman–Crippen MR) is 39.9 cm³/mol. The van der Waals surface area contributed by atoms with Crippen molar-refractivity contribution in [2.75, 3.05) is 6.54 Å². The Morgan fingerprint density at radius 2 is 2.08 bits per heavy atom. The molecular formula is C7H9NO4. The standard InChI is InChI=1S/C7H9NO4/c9-6(10)5-3-1-2-4-8(5)7(11)12/h1,3,5H,2,4H2,(H,9,10)(H,11,12). The third-order valence-electron chi connectivity index (χ3n) is 1.69. The van der Waals surface area contributed by atoms with E-state index in [4.69, 9.17) is 10.2 Å². The molecule has 1 amide bonds. The zero-order chi connectivity index (χ0) is 9.14. The Kier molecular flexibility index (Phi) is 2.32. The zero-order valence-electron chi connectivity index (χ0n) is 6.30. The molecule has 5 nitrogen and oxygen atoms in total. The lowest BCUT2D eigenvalue weighted by Gasteiger charge is -2.26. The van der Waals surface area contributed by atoms with Crippen molar-refractivity contribution in [3.63, 3.8) is 0 Å². The van der Waals surface area contributed by atoms with Gasteiger partial charge in [-0.2, -0.15) is 0 Å². The fraction of sp³-hybridized carbons (Fsp3) is 0.429. The van der Waals surface area contributed by atoms with Gasteiger partial charge in [0.2, 0.25) is 0 Å². The van der Waals surface area contributed by atoms with Gasteiger partial charge in [0.1, 0.15) is 0 Å². The molecule has 0 aliphatic carbocycles. The van der Waals surface area contributed by atoms with Crippen LogP contribution in [0.1, 0.15) is 6.42 Å². The number of carbonyl (C=O) groups is 2. The number of amides is 1. The number of carboxylic acid groups (broad SMARTS) is 2. The molecule has 2 N–H and O–H groups in total. The first-order valence-electron chi connectivity index (χ1n) is 3.52. The van der Waals surface area contributed by atoms with Gasteiger partial charge in [0.05, 0.1) is 0 Å². The van der Waals surface area contributed by atoms with Crippen LogP contribution in [0.25, 0.3) is 0 Å². The fourth-order valence-corrected chi connectivity index (χ4v) is 1.11. The first-order valence-corrected chi connectivity index (χ1v) is 3.52. The van der Waals surface area contributed by atoms with Crippen molar-refractivity contribution in [2.45, 2.75) is 12.5 Å². The summed E-state index contributed by atoms with van der Waals surface area (Å²) in [5, 5.41) is 17.2. The van der Waals surface area contributed by atoms with Crippen LogP contribution < -0.4 is 0 Å². The van der Waals surface area contributed by atoms with Crippen LogP contribution in [0.4, 0.5) is 4.79 Å². The summed E-state index contributed by atoms with van der Waals surface area (Å²) >= 11 is 0. The van der Waals surface area contributed by atoms with E-state index in [1.54, 1.807) is 6.08 Å². The maximum atomic E-state index is 10.5. The predicted octanol–water partition coefficient (Wildman–Crippen LogP) is 0.379. The highest BCUT2D eigenvalue weighted by atomic mass is 16.4. The highest BCUT2D eigenvalue weighted by Crippen LogP contribution is 2.09. The monoisotopic (exact) mass is 171 g/mol. The minimum Gasteiger partial charge on any atom is -0.479 e. The van der Waals surface area contributed by atoms with Crippen molar-refractivity contribution < 1.29 is 19.8 Å². The van der Waals surface area contributed by atoms with E-state index in [-0.39, 0.29) is 6.54 Å². The van der Waals surface area contributed by atoms with E-state index >= 15 is 0 Å². The van der Waals surface area contributed by atoms with E-state index in [1.807, 2.05) is 0 Å². The molecule has 1 rings (SSSR count). The van der Waals surface area contributed by atoms with Gasteiger partial charge < -0.3 is 10.2 Å². The Morgan fingerprint density at radius 1 is 1.42 bits per heavy atom. The molecule has 12 heavy (non-hydrogen) atoms. The van der Waals surface area contributed by atoms with Crippen LogP contribution >= 0.6 is 0 Å². The molecule has 1 atom stereocenters. The maximum absolute atomic E-state index is 10.5. The Bertz CT molecular complexity index is 236. The summed E-state index contributed by atoms with van der Waals surface area (Å²) in [5.74, 6) is -1.13. The summed E-state index contributed by atoms with van der Waals surface area (Å²) < 4.78 is 0. The topological polar surface area (TPSA) is 77.8 Å². The van der Waals surface area contributed by atoms with E-state index in [0.29, 0.717) is 6.42 Å². The molecule has 0 saturated heterocycles. The van der Waals surface area contributed by atoms with Crippen LogP contribution in [-0.4, -0.2) is 39.8 Å². The van der Waals surface area contributed by atoms with Crippen molar-refractivity contribution in [1.82, 2.24) is 4.90 Å². The first kappa shape index (κ1) is 8.58. The Hall–Kier alpha value is -1.52. The first-order chi connectivity index (χ1) is 5.63. The average molecular weight is 171 g/mol. The Labute approximate surface area is 68.9 Å². The molecule has 0 aromatic carbocycles. The van der Waals surface area contributed by atoms with Crippen LogP contribution in [-0.2, 0) is 4.79 Å². The van der Waals surface area contributed by atoms with E-state index in [2.05, 4.69) is 0 Å². The van der Waals surface area contributed by atoms with E-state index in [1.165, 1.54) is 6.08 Å². The molecule has 1 aliphatic heterocycles. The third-order valence-corrected chi connectivity index (χ3v) is 1.69. The van der Waals surface area contributed by atoms with Crippen molar-refractivity contribution in [2.24, 2.45) is 0 Å². The molecular weight excluding hydrogens is 162 g/mol. The molecule has 5 heteroatoms. The maximum Gasteiger partial charge on any atom is 0.408 e. The van der Waals surface area contributed by atoms with Crippen molar-refractivity contribution >= 4 is 12.1 Å². The Morgan fingerprint density at radius 3 is 2.50 bits per heavy atom. The van der Waals surface area contributed by atoms with Gasteiger partial charge in [-0.25, -0.2) is 9.59 Å². The van der Waals surface area contributed by atoms with Crippen LogP contribution in [0.3, 0.4) is 0 Å². The van der Waals surface area contributed by atoms with Crippen LogP contribution in [0.2, 0.25) is 0 Å². The summed E-state index contributed by atoms with van der Waals surface area (Å²) in [7, 11) is 0. The summed E-state index contributed by atoms with van der Waals surface area (Å²) in [6, 6.07) is -1.02. The summed E-state index contributed by atoms with van der Waals surface area (Å²) in [6.45, 7) is 0.253. The quantitative estimate of drug-likeness (QED) is 0.559. The summed E-state index contributed by atoms with van der Waals surface area (Å²) in [4.78, 5) is 21.9. The van der Waals surface area contributed by atoms with Gasteiger partial charge in [-0.05, 0) is 6.42 Å². The molecule has 66 valence electrons. The molecule has 1 heterocycles. The number of nitrogens with zero attached hydrogens (tertiary/aromatic N) is 1. The molecule has 1 unspecified atom stereocenters. The second-order valence-electron chi connectivity index (χ2n) is 2.48. The van der Waals surface area contributed by atoms with Crippen LogP contribution in [0.15, 0.2) is 12.2 Å². The van der Waals surface area contributed by atoms with Crippen molar-refractivity contribution in [3.8, 4) is 0 Å². The lowest BCUT2D eigenvalue weighted by molar-refractivity contribution is -0.141. The minimum atomic E-state index is -1.19. The SMILES string of the molecule is O=C(O)C1C=CCCN1C(=O)O. The van der Waals surface area contributed by atoms with Gasteiger partial charge in [-0.3, -0.25) is 4.90 Å². The lowest BCUT2D eigenvalue weighted by Crippen LogP contribution is -2.45. The van der Waals surface area contributed by atoms with E-state index < -0.39 is 18.1 Å². The third kappa shape index (κ3) is 1.55. The largest absolute Gasteiger partial charge is 0.479 e. The van der Waals surface area contributed by atoms with Gasteiger partial charge in [0.25, 0.3) is 0 Å². The second kappa shape index (κ2) is 3.25. The average Bonchev–Trinajstić information content (AvgIpc) is 2.04. The molecule has 0 saturated carbocycles. The van der Waals surface area contributed by atoms with Crippen LogP contribution in [0.5, 0.6) is 0 Å². The molecule has 0 aromatic rings. The van der Waals surface area contributed by atoms with Crippen molar-refractivity contribution in [3.05, 3.63) is 12.2 Å². The fourth-order valence-electron chi connectivity index (χ4n) is 1.11. The van der Waals surface area contributed by atoms with Crippen molar-refractivity contribution in [1.29, 1.82) is 0 Å². The molecule has 0 radical (unpaired) electrons. The normalized spacial score (nSPS) is 22.3. The summed E-state index contributed by atoms with van der Waals surface area (Å²) in [5.41, 5.74) is 0. The smallest absolute Gasteiger partial charge is 0.408 e. The van der Waals surface area contributed by atoms with E-state index in [9.17, 15) is 9.59 Å². The summed E-state index contributed by atoms with van der Waals surface area (Å²) in [6.07, 6.45) is 2.46. The second-order valence-corrected chi connectivity index (χ2v) is 2.48. The Balaban J connectivity index is 2.79.